The zero-order valence-electron chi connectivity index (χ0n) is 22.3. The van der Waals surface area contributed by atoms with Crippen LogP contribution in [0, 0.1) is 11.8 Å². The Morgan fingerprint density at radius 3 is 2.70 bits per heavy atom. The van der Waals surface area contributed by atoms with Crippen LogP contribution in [0.3, 0.4) is 0 Å². The molecule has 0 amide bonds. The molecule has 0 unspecified atom stereocenters. The van der Waals surface area contributed by atoms with Gasteiger partial charge in [0.15, 0.2) is 5.65 Å². The molecule has 0 bridgehead atoms. The van der Waals surface area contributed by atoms with Crippen molar-refractivity contribution < 1.29 is 23.4 Å². The van der Waals surface area contributed by atoms with Crippen molar-refractivity contribution in [1.29, 1.82) is 0 Å². The molecule has 2 aliphatic rings. The molecule has 12 heteroatoms. The predicted molar refractivity (Wildman–Crippen MR) is 142 cm³/mol. The fourth-order valence-electron chi connectivity index (χ4n) is 5.97. The summed E-state index contributed by atoms with van der Waals surface area (Å²) < 4.78 is 40.8. The number of hydrogen-bond acceptors (Lipinski definition) is 7. The molecule has 0 saturated heterocycles. The molecule has 0 aliphatic heterocycles. The maximum Gasteiger partial charge on any atom is 0.416 e. The molecule has 2 aliphatic carbocycles. The highest BCUT2D eigenvalue weighted by Gasteiger charge is 2.43. The van der Waals surface area contributed by atoms with Crippen molar-refractivity contribution in [2.75, 3.05) is 20.1 Å². The number of aromatic nitrogens is 6. The molecular formula is C28H34F3N7O2. The summed E-state index contributed by atoms with van der Waals surface area (Å²) in [5.41, 5.74) is 2.66. The van der Waals surface area contributed by atoms with Gasteiger partial charge >= 0.3 is 6.18 Å². The average Bonchev–Trinajstić information content (AvgIpc) is 3.36. The molecule has 9 nitrogen and oxygen atoms in total. The third-order valence-corrected chi connectivity index (χ3v) is 8.35. The molecule has 4 atom stereocenters. The molecule has 1 aromatic carbocycles. The number of imidazole rings is 2. The van der Waals surface area contributed by atoms with Crippen molar-refractivity contribution >= 4 is 22.2 Å². The van der Waals surface area contributed by atoms with E-state index in [1.54, 1.807) is 12.7 Å². The zero-order valence-corrected chi connectivity index (χ0v) is 22.3. The standard InChI is InChI=1S/C28H34F3N7O2/c1-37(9-3-2-4-23-35-19-8-7-18(28(29,30)31)12-20(19)36-23)13-17-11-22(26(40)25(17)39)38-15-34-24-21(10-16-5-6-16)32-14-33-27(24)38/h7-8,12,14-17,22,25-26,39-40H,2-6,9-11,13H2,1H3,(H,35,36)/t17-,22-,25-,26+/m1/s1. The van der Waals surface area contributed by atoms with E-state index in [1.807, 2.05) is 11.6 Å². The summed E-state index contributed by atoms with van der Waals surface area (Å²) >= 11 is 0. The summed E-state index contributed by atoms with van der Waals surface area (Å²) in [5.74, 6) is 1.24. The number of fused-ring (bicyclic) bond motifs is 2. The smallest absolute Gasteiger partial charge is 0.390 e. The van der Waals surface area contributed by atoms with Crippen LogP contribution in [-0.2, 0) is 19.0 Å². The highest BCUT2D eigenvalue weighted by Crippen LogP contribution is 2.38. The lowest BCUT2D eigenvalue weighted by Gasteiger charge is -2.23. The number of hydrogen-bond donors (Lipinski definition) is 3. The number of unbranched alkanes of at least 4 members (excludes halogenated alkanes) is 1. The van der Waals surface area contributed by atoms with Crippen LogP contribution in [0.15, 0.2) is 30.9 Å². The van der Waals surface area contributed by atoms with Gasteiger partial charge in [0.2, 0.25) is 0 Å². The largest absolute Gasteiger partial charge is 0.416 e. The molecule has 2 fully saturated rings. The number of halogens is 3. The Labute approximate surface area is 229 Å². The molecule has 214 valence electrons. The van der Waals surface area contributed by atoms with Gasteiger partial charge in [0, 0.05) is 18.9 Å². The quantitative estimate of drug-likeness (QED) is 0.253. The molecule has 40 heavy (non-hydrogen) atoms. The number of aliphatic hydroxyl groups excluding tert-OH is 2. The fraction of sp³-hybridized carbons (Fsp3) is 0.571. The van der Waals surface area contributed by atoms with E-state index in [1.165, 1.54) is 18.9 Å². The van der Waals surface area contributed by atoms with Crippen LogP contribution in [0.1, 0.15) is 55.2 Å². The number of nitrogens with zero attached hydrogens (tertiary/aromatic N) is 6. The Bertz CT molecular complexity index is 1480. The topological polar surface area (TPSA) is 116 Å². The number of rotatable bonds is 10. The molecule has 0 radical (unpaired) electrons. The number of nitrogens with one attached hydrogen (secondary N) is 1. The molecular weight excluding hydrogens is 523 g/mol. The minimum Gasteiger partial charge on any atom is -0.390 e. The molecule has 3 aromatic heterocycles. The van der Waals surface area contributed by atoms with Crippen LogP contribution in [0.5, 0.6) is 0 Å². The second kappa shape index (κ2) is 10.7. The molecule has 4 aromatic rings. The van der Waals surface area contributed by atoms with E-state index < -0.39 is 23.9 Å². The number of H-pyrrole nitrogens is 1. The minimum atomic E-state index is -4.38. The van der Waals surface area contributed by atoms with Gasteiger partial charge in [-0.3, -0.25) is 0 Å². The molecule has 2 saturated carbocycles. The minimum absolute atomic E-state index is 0.103. The van der Waals surface area contributed by atoms with Crippen molar-refractivity contribution in [3.63, 3.8) is 0 Å². The molecule has 3 N–H and O–H groups in total. The van der Waals surface area contributed by atoms with Gasteiger partial charge in [-0.1, -0.05) is 0 Å². The van der Waals surface area contributed by atoms with Gasteiger partial charge in [-0.25, -0.2) is 19.9 Å². The number of aliphatic hydroxyl groups is 2. The van der Waals surface area contributed by atoms with Crippen LogP contribution in [0.2, 0.25) is 0 Å². The van der Waals surface area contributed by atoms with E-state index in [-0.39, 0.29) is 12.0 Å². The lowest BCUT2D eigenvalue weighted by molar-refractivity contribution is -0.137. The number of alkyl halides is 3. The predicted octanol–water partition coefficient (Wildman–Crippen LogP) is 3.91. The lowest BCUT2D eigenvalue weighted by Crippen LogP contribution is -2.35. The summed E-state index contributed by atoms with van der Waals surface area (Å²) in [7, 11) is 2.00. The second-order valence-electron chi connectivity index (χ2n) is 11.5. The third kappa shape index (κ3) is 5.57. The van der Waals surface area contributed by atoms with Crippen molar-refractivity contribution in [3.05, 3.63) is 47.9 Å². The van der Waals surface area contributed by atoms with E-state index in [0.29, 0.717) is 47.8 Å². The first kappa shape index (κ1) is 27.1. The second-order valence-corrected chi connectivity index (χ2v) is 11.5. The summed E-state index contributed by atoms with van der Waals surface area (Å²) in [6.07, 6.45) is 3.40. The van der Waals surface area contributed by atoms with Crippen LogP contribution < -0.4 is 0 Å². The van der Waals surface area contributed by atoms with Crippen LogP contribution in [0.25, 0.3) is 22.2 Å². The number of aromatic amines is 1. The highest BCUT2D eigenvalue weighted by molar-refractivity contribution is 5.76. The van der Waals surface area contributed by atoms with Gasteiger partial charge in [-0.15, -0.1) is 0 Å². The summed E-state index contributed by atoms with van der Waals surface area (Å²) in [6.45, 7) is 1.42. The monoisotopic (exact) mass is 557 g/mol. The third-order valence-electron chi connectivity index (χ3n) is 8.35. The first-order valence-electron chi connectivity index (χ1n) is 13.9. The normalized spacial score (nSPS) is 23.7. The van der Waals surface area contributed by atoms with E-state index in [9.17, 15) is 23.4 Å². The Balaban J connectivity index is 1.01. The van der Waals surface area contributed by atoms with Gasteiger partial charge in [-0.2, -0.15) is 13.2 Å². The number of benzene rings is 1. The van der Waals surface area contributed by atoms with Gasteiger partial charge in [0.05, 0.1) is 40.8 Å². The van der Waals surface area contributed by atoms with Crippen molar-refractivity contribution in [1.82, 2.24) is 34.4 Å². The summed E-state index contributed by atoms with van der Waals surface area (Å²) in [5, 5.41) is 21.8. The Morgan fingerprint density at radius 1 is 1.10 bits per heavy atom. The van der Waals surface area contributed by atoms with Crippen molar-refractivity contribution in [3.8, 4) is 0 Å². The summed E-state index contributed by atoms with van der Waals surface area (Å²) in [6, 6.07) is 3.23. The lowest BCUT2D eigenvalue weighted by atomic mass is 10.0. The van der Waals surface area contributed by atoms with E-state index >= 15 is 0 Å². The SMILES string of the molecule is CN(CCCCc1nc2ccc(C(F)(F)F)cc2[nH]1)C[C@H]1C[C@@H](n2cnc3c(CC4CC4)ncnc32)[C@H](O)[C@@H]1O. The molecule has 6 rings (SSSR count). The Hall–Kier alpha value is -3.09. The maximum atomic E-state index is 13.0. The first-order valence-corrected chi connectivity index (χ1v) is 13.9. The van der Waals surface area contributed by atoms with Gasteiger partial charge < -0.3 is 24.7 Å². The van der Waals surface area contributed by atoms with Crippen molar-refractivity contribution in [2.45, 2.75) is 69.4 Å². The van der Waals surface area contributed by atoms with Crippen LogP contribution in [-0.4, -0.2) is 76.9 Å². The first-order chi connectivity index (χ1) is 19.2. The van der Waals surface area contributed by atoms with Gasteiger partial charge in [0.25, 0.3) is 0 Å². The molecule has 0 spiro atoms. The highest BCUT2D eigenvalue weighted by atomic mass is 19.4. The van der Waals surface area contributed by atoms with E-state index in [2.05, 4.69) is 29.8 Å². The fourth-order valence-corrected chi connectivity index (χ4v) is 5.97. The van der Waals surface area contributed by atoms with Gasteiger partial charge in [-0.05, 0) is 76.2 Å². The van der Waals surface area contributed by atoms with Crippen LogP contribution in [0.4, 0.5) is 13.2 Å². The average molecular weight is 558 g/mol. The van der Waals surface area contributed by atoms with Crippen molar-refractivity contribution in [2.24, 2.45) is 11.8 Å². The number of aryl methyl sites for hydroxylation is 1. The van der Waals surface area contributed by atoms with Gasteiger partial charge in [0.1, 0.15) is 23.8 Å². The Morgan fingerprint density at radius 2 is 1.93 bits per heavy atom. The maximum absolute atomic E-state index is 13.0. The molecule has 3 heterocycles. The van der Waals surface area contributed by atoms with Crippen LogP contribution >= 0.6 is 0 Å². The van der Waals surface area contributed by atoms with E-state index in [0.717, 1.165) is 49.2 Å². The van der Waals surface area contributed by atoms with E-state index in [4.69, 9.17) is 0 Å². The zero-order chi connectivity index (χ0) is 28.0. The summed E-state index contributed by atoms with van der Waals surface area (Å²) in [4.78, 5) is 23.0. The Kier molecular flexibility index (Phi) is 7.26.